The maximum absolute atomic E-state index is 6.58. The van der Waals surface area contributed by atoms with E-state index in [0.717, 1.165) is 11.3 Å². The number of ether oxygens (including phenoxy) is 1. The van der Waals surface area contributed by atoms with Crippen LogP contribution in [0.4, 0.5) is 0 Å². The lowest BCUT2D eigenvalue weighted by Crippen LogP contribution is -2.55. The first-order valence-electron chi connectivity index (χ1n) is 7.82. The first-order valence-corrected chi connectivity index (χ1v) is 7.82. The molecule has 0 radical (unpaired) electrons. The number of rotatable bonds is 0. The van der Waals surface area contributed by atoms with Crippen LogP contribution in [-0.2, 0) is 0 Å². The van der Waals surface area contributed by atoms with Crippen LogP contribution in [0.2, 0.25) is 0 Å². The molecule has 1 fully saturated rings. The molecule has 112 valence electrons. The number of allylic oxidation sites excluding steroid dienone is 4. The van der Waals surface area contributed by atoms with Gasteiger partial charge < -0.3 is 4.74 Å². The zero-order valence-corrected chi connectivity index (χ0v) is 13.3. The summed E-state index contributed by atoms with van der Waals surface area (Å²) >= 11 is 0. The maximum atomic E-state index is 6.58. The average Bonchev–Trinajstić information content (AvgIpc) is 2.74. The molecule has 1 aromatic carbocycles. The minimum atomic E-state index is -0.451. The number of likely N-dealkylation sites (N-methyl/N-ethyl adjacent to an activating group) is 1. The van der Waals surface area contributed by atoms with Crippen LogP contribution in [0.1, 0.15) is 19.4 Å². The standard InChI is InChI=1S/C20H21NO/c1-19(2)16-10-5-4-6-11-17(16)21(3)20(19)14-13-15-9-7-8-12-18(15)22-20/h4-14,17H,1-3H3. The Morgan fingerprint density at radius 1 is 1.09 bits per heavy atom. The predicted octanol–water partition coefficient (Wildman–Crippen LogP) is 4.18. The normalized spacial score (nSPS) is 31.4. The quantitative estimate of drug-likeness (QED) is 0.711. The van der Waals surface area contributed by atoms with Crippen molar-refractivity contribution in [2.45, 2.75) is 25.6 Å². The lowest BCUT2D eigenvalue weighted by Gasteiger charge is -2.45. The van der Waals surface area contributed by atoms with Crippen molar-refractivity contribution in [3.63, 3.8) is 0 Å². The summed E-state index contributed by atoms with van der Waals surface area (Å²) in [6.45, 7) is 4.56. The zero-order valence-electron chi connectivity index (χ0n) is 13.3. The lowest BCUT2D eigenvalue weighted by atomic mass is 9.75. The Morgan fingerprint density at radius 2 is 1.91 bits per heavy atom. The van der Waals surface area contributed by atoms with Gasteiger partial charge in [-0.25, -0.2) is 0 Å². The summed E-state index contributed by atoms with van der Waals surface area (Å²) in [5.74, 6) is 0.960. The number of para-hydroxylation sites is 1. The average molecular weight is 291 g/mol. The minimum absolute atomic E-state index is 0.116. The molecular formula is C20H21NO. The summed E-state index contributed by atoms with van der Waals surface area (Å²) in [6, 6.07) is 8.51. The van der Waals surface area contributed by atoms with E-state index in [9.17, 15) is 0 Å². The second-order valence-electron chi connectivity index (χ2n) is 6.74. The van der Waals surface area contributed by atoms with Crippen molar-refractivity contribution in [2.75, 3.05) is 7.05 Å². The molecule has 0 bridgehead atoms. The molecule has 4 rings (SSSR count). The molecule has 1 aromatic rings. The fourth-order valence-corrected chi connectivity index (χ4v) is 4.01. The molecule has 22 heavy (non-hydrogen) atoms. The first-order chi connectivity index (χ1) is 10.6. The van der Waals surface area contributed by atoms with Crippen LogP contribution in [0.5, 0.6) is 5.75 Å². The van der Waals surface area contributed by atoms with Gasteiger partial charge in [0.25, 0.3) is 0 Å². The van der Waals surface area contributed by atoms with Crippen LogP contribution in [0.15, 0.2) is 66.3 Å². The van der Waals surface area contributed by atoms with E-state index < -0.39 is 5.72 Å². The lowest BCUT2D eigenvalue weighted by molar-refractivity contribution is -0.0682. The van der Waals surface area contributed by atoms with Crippen LogP contribution < -0.4 is 4.74 Å². The van der Waals surface area contributed by atoms with E-state index in [1.807, 2.05) is 12.1 Å². The number of fused-ring (bicyclic) bond motifs is 2. The summed E-state index contributed by atoms with van der Waals surface area (Å²) in [5.41, 5.74) is 1.97. The smallest absolute Gasteiger partial charge is 0.192 e. The number of likely N-dealkylation sites (tertiary alicyclic amines) is 1. The molecule has 2 heterocycles. The van der Waals surface area contributed by atoms with Gasteiger partial charge in [0, 0.05) is 11.0 Å². The van der Waals surface area contributed by atoms with Gasteiger partial charge in [0.1, 0.15) is 5.75 Å². The van der Waals surface area contributed by atoms with Gasteiger partial charge in [-0.2, -0.15) is 0 Å². The van der Waals surface area contributed by atoms with Crippen LogP contribution in [0.3, 0.4) is 0 Å². The first kappa shape index (κ1) is 13.6. The molecule has 0 amide bonds. The summed E-state index contributed by atoms with van der Waals surface area (Å²) in [4.78, 5) is 2.34. The molecule has 2 aliphatic heterocycles. The van der Waals surface area contributed by atoms with Gasteiger partial charge in [-0.1, -0.05) is 62.4 Å². The Balaban J connectivity index is 1.88. The molecular weight excluding hydrogens is 270 g/mol. The van der Waals surface area contributed by atoms with Crippen molar-refractivity contribution >= 4 is 6.08 Å². The SMILES string of the molecule is CN1C2C=CC=CC=C2C(C)(C)C12C=Cc1ccccc1O2. The highest BCUT2D eigenvalue weighted by Gasteiger charge is 2.60. The van der Waals surface area contributed by atoms with Crippen molar-refractivity contribution in [3.05, 3.63) is 71.9 Å². The van der Waals surface area contributed by atoms with Gasteiger partial charge in [-0.3, -0.25) is 4.90 Å². The van der Waals surface area contributed by atoms with Gasteiger partial charge in [0.2, 0.25) is 0 Å². The van der Waals surface area contributed by atoms with Crippen molar-refractivity contribution in [2.24, 2.45) is 5.41 Å². The second kappa shape index (κ2) is 4.47. The molecule has 1 spiro atoms. The number of benzene rings is 1. The summed E-state index contributed by atoms with van der Waals surface area (Å²) in [5, 5.41) is 0. The molecule has 2 atom stereocenters. The zero-order chi connectivity index (χ0) is 15.4. The highest BCUT2D eigenvalue weighted by atomic mass is 16.5. The van der Waals surface area contributed by atoms with Gasteiger partial charge >= 0.3 is 0 Å². The molecule has 1 saturated heterocycles. The molecule has 0 N–H and O–H groups in total. The van der Waals surface area contributed by atoms with E-state index in [1.54, 1.807) is 0 Å². The Bertz CT molecular complexity index is 738. The largest absolute Gasteiger partial charge is 0.467 e. The number of hydrogen-bond donors (Lipinski definition) is 0. The van der Waals surface area contributed by atoms with E-state index >= 15 is 0 Å². The Labute approximate surface area is 132 Å². The fourth-order valence-electron chi connectivity index (χ4n) is 4.01. The highest BCUT2D eigenvalue weighted by molar-refractivity contribution is 5.62. The predicted molar refractivity (Wildman–Crippen MR) is 90.5 cm³/mol. The van der Waals surface area contributed by atoms with Crippen LogP contribution in [0.25, 0.3) is 6.08 Å². The molecule has 3 aliphatic rings. The fraction of sp³-hybridized carbons (Fsp3) is 0.300. The van der Waals surface area contributed by atoms with Gasteiger partial charge in [-0.15, -0.1) is 0 Å². The van der Waals surface area contributed by atoms with Crippen molar-refractivity contribution in [3.8, 4) is 5.75 Å². The highest BCUT2D eigenvalue weighted by Crippen LogP contribution is 2.55. The summed E-state index contributed by atoms with van der Waals surface area (Å²) < 4.78 is 6.58. The van der Waals surface area contributed by atoms with E-state index in [1.165, 1.54) is 5.57 Å². The molecule has 2 nitrogen and oxygen atoms in total. The third-order valence-electron chi connectivity index (χ3n) is 5.34. The second-order valence-corrected chi connectivity index (χ2v) is 6.74. The topological polar surface area (TPSA) is 12.5 Å². The van der Waals surface area contributed by atoms with E-state index in [-0.39, 0.29) is 11.5 Å². The van der Waals surface area contributed by atoms with E-state index in [4.69, 9.17) is 4.74 Å². The molecule has 1 aliphatic carbocycles. The van der Waals surface area contributed by atoms with Crippen molar-refractivity contribution in [1.82, 2.24) is 4.90 Å². The van der Waals surface area contributed by atoms with Crippen LogP contribution in [0, 0.1) is 5.41 Å². The molecule has 2 unspecified atom stereocenters. The Morgan fingerprint density at radius 3 is 2.77 bits per heavy atom. The molecule has 2 heteroatoms. The third-order valence-corrected chi connectivity index (χ3v) is 5.34. The minimum Gasteiger partial charge on any atom is -0.467 e. The number of hydrogen-bond acceptors (Lipinski definition) is 2. The van der Waals surface area contributed by atoms with Gasteiger partial charge in [0.05, 0.1) is 6.04 Å². The Hall–Kier alpha value is -2.06. The molecule has 0 saturated carbocycles. The van der Waals surface area contributed by atoms with Crippen molar-refractivity contribution < 1.29 is 4.74 Å². The number of nitrogens with zero attached hydrogens (tertiary/aromatic N) is 1. The Kier molecular flexibility index (Phi) is 2.76. The third kappa shape index (κ3) is 1.59. The molecule has 0 aromatic heterocycles. The summed E-state index contributed by atoms with van der Waals surface area (Å²) in [7, 11) is 2.15. The van der Waals surface area contributed by atoms with E-state index in [0.29, 0.717) is 0 Å². The maximum Gasteiger partial charge on any atom is 0.192 e. The summed E-state index contributed by atoms with van der Waals surface area (Å²) in [6.07, 6.45) is 15.3. The monoisotopic (exact) mass is 291 g/mol. The van der Waals surface area contributed by atoms with Gasteiger partial charge in [0.15, 0.2) is 5.72 Å². The van der Waals surface area contributed by atoms with Crippen LogP contribution in [-0.4, -0.2) is 23.7 Å². The van der Waals surface area contributed by atoms with E-state index in [2.05, 4.69) is 80.5 Å². The van der Waals surface area contributed by atoms with Crippen LogP contribution >= 0.6 is 0 Å². The van der Waals surface area contributed by atoms with Gasteiger partial charge in [-0.05, 0) is 30.8 Å². The van der Waals surface area contributed by atoms with Crippen molar-refractivity contribution in [1.29, 1.82) is 0 Å².